The smallest absolute Gasteiger partial charge is 0.140 e. The number of hydrogen-bond donors (Lipinski definition) is 1. The fourth-order valence-corrected chi connectivity index (χ4v) is 3.57. The Morgan fingerprint density at radius 3 is 2.71 bits per heavy atom. The van der Waals surface area contributed by atoms with Crippen molar-refractivity contribution in [2.45, 2.75) is 25.3 Å². The number of piperidine rings is 1. The third-order valence-corrected chi connectivity index (χ3v) is 5.21. The van der Waals surface area contributed by atoms with Gasteiger partial charge in [-0.3, -0.25) is 4.90 Å². The highest BCUT2D eigenvalue weighted by Gasteiger charge is 2.22. The summed E-state index contributed by atoms with van der Waals surface area (Å²) in [5.74, 6) is 2.39. The number of pyridine rings is 2. The Morgan fingerprint density at radius 1 is 1.18 bits per heavy atom. The Balaban J connectivity index is 1.37. The highest BCUT2D eigenvalue weighted by molar-refractivity contribution is 5.55. The number of nitrogens with one attached hydrogen (secondary N) is 1. The minimum atomic E-state index is 0.407. The summed E-state index contributed by atoms with van der Waals surface area (Å²) in [5.41, 5.74) is 2.36. The molecule has 0 bridgehead atoms. The molecule has 3 aromatic heterocycles. The van der Waals surface area contributed by atoms with Crippen LogP contribution in [0.25, 0.3) is 0 Å². The van der Waals surface area contributed by atoms with Gasteiger partial charge in [-0.15, -0.1) is 0 Å². The van der Waals surface area contributed by atoms with Gasteiger partial charge >= 0.3 is 0 Å². The first-order valence-electron chi connectivity index (χ1n) is 9.50. The average Bonchev–Trinajstić information content (AvgIpc) is 3.14. The van der Waals surface area contributed by atoms with E-state index in [1.165, 1.54) is 0 Å². The molecule has 0 spiro atoms. The predicted octanol–water partition coefficient (Wildman–Crippen LogP) is 3.20. The Bertz CT molecular complexity index is 963. The lowest BCUT2D eigenvalue weighted by molar-refractivity contribution is 0.197. The third kappa shape index (κ3) is 4.18. The zero-order chi connectivity index (χ0) is 19.3. The van der Waals surface area contributed by atoms with Crippen LogP contribution in [0.3, 0.4) is 0 Å². The van der Waals surface area contributed by atoms with Gasteiger partial charge in [-0.2, -0.15) is 5.26 Å². The Kier molecular flexibility index (Phi) is 5.31. The van der Waals surface area contributed by atoms with Gasteiger partial charge in [0.15, 0.2) is 0 Å². The van der Waals surface area contributed by atoms with Gasteiger partial charge in [0.25, 0.3) is 0 Å². The van der Waals surface area contributed by atoms with E-state index in [-0.39, 0.29) is 0 Å². The lowest BCUT2D eigenvalue weighted by Gasteiger charge is -2.31. The predicted molar refractivity (Wildman–Crippen MR) is 107 cm³/mol. The Morgan fingerprint density at radius 2 is 2.04 bits per heavy atom. The number of hydrogen-bond acceptors (Lipinski definition) is 6. The maximum Gasteiger partial charge on any atom is 0.140 e. The van der Waals surface area contributed by atoms with Crippen molar-refractivity contribution in [2.75, 3.05) is 18.4 Å². The molecule has 4 heterocycles. The van der Waals surface area contributed by atoms with Gasteiger partial charge in [0.2, 0.25) is 0 Å². The van der Waals surface area contributed by atoms with Crippen molar-refractivity contribution in [3.63, 3.8) is 0 Å². The van der Waals surface area contributed by atoms with Gasteiger partial charge in [0, 0.05) is 31.1 Å². The first-order valence-corrected chi connectivity index (χ1v) is 9.50. The molecule has 1 aliphatic rings. The van der Waals surface area contributed by atoms with Crippen LogP contribution < -0.4 is 5.32 Å². The molecule has 0 aliphatic carbocycles. The minimum Gasteiger partial charge on any atom is -0.339 e. The van der Waals surface area contributed by atoms with Crippen molar-refractivity contribution in [3.8, 4) is 6.07 Å². The summed E-state index contributed by atoms with van der Waals surface area (Å²) in [6.45, 7) is 3.00. The number of rotatable bonds is 5. The van der Waals surface area contributed by atoms with Crippen LogP contribution in [0.1, 0.15) is 36.0 Å². The lowest BCUT2D eigenvalue weighted by Crippen LogP contribution is -2.33. The number of anilines is 2. The van der Waals surface area contributed by atoms with E-state index in [4.69, 9.17) is 10.2 Å². The molecule has 0 aromatic carbocycles. The Hall–Kier alpha value is -3.24. The average molecular weight is 373 g/mol. The van der Waals surface area contributed by atoms with Crippen LogP contribution in [0, 0.1) is 11.3 Å². The number of nitrogens with zero attached hydrogens (tertiary/aromatic N) is 6. The summed E-state index contributed by atoms with van der Waals surface area (Å²) in [7, 11) is 2.04. The van der Waals surface area contributed by atoms with Crippen molar-refractivity contribution in [2.24, 2.45) is 7.05 Å². The second-order valence-electron chi connectivity index (χ2n) is 7.12. The molecular weight excluding hydrogens is 350 g/mol. The maximum absolute atomic E-state index is 8.85. The molecule has 0 atom stereocenters. The summed E-state index contributed by atoms with van der Waals surface area (Å²) >= 11 is 0. The van der Waals surface area contributed by atoms with Gasteiger partial charge < -0.3 is 9.88 Å². The fraction of sp³-hybridized carbons (Fsp3) is 0.333. The SMILES string of the molecule is Cn1ccnc1CN1CCC(c2cccc(Nc3ccc(C#N)nc3)n2)CC1. The van der Waals surface area contributed by atoms with Gasteiger partial charge in [-0.1, -0.05) is 6.07 Å². The first kappa shape index (κ1) is 18.1. The van der Waals surface area contributed by atoms with Crippen LogP contribution in [-0.2, 0) is 13.6 Å². The Labute approximate surface area is 164 Å². The number of aryl methyl sites for hydroxylation is 1. The highest BCUT2D eigenvalue weighted by Crippen LogP contribution is 2.28. The molecule has 7 nitrogen and oxygen atoms in total. The standard InChI is InChI=1S/C21H23N7/c1-27-12-9-23-21(27)15-28-10-7-16(8-11-28)19-3-2-4-20(26-19)25-18-6-5-17(13-22)24-14-18/h2-6,9,12,14,16H,7-8,10-11,15H2,1H3,(H,25,26). The molecule has 1 saturated heterocycles. The van der Waals surface area contributed by atoms with Crippen LogP contribution in [0.4, 0.5) is 11.5 Å². The topological polar surface area (TPSA) is 82.7 Å². The van der Waals surface area contributed by atoms with Gasteiger partial charge in [-0.25, -0.2) is 15.0 Å². The summed E-state index contributed by atoms with van der Waals surface area (Å²) in [6.07, 6.45) is 7.70. The maximum atomic E-state index is 8.85. The molecule has 4 rings (SSSR count). The van der Waals surface area contributed by atoms with E-state index in [2.05, 4.69) is 30.8 Å². The zero-order valence-electron chi connectivity index (χ0n) is 15.9. The van der Waals surface area contributed by atoms with Crippen LogP contribution in [-0.4, -0.2) is 37.5 Å². The molecule has 3 aromatic rings. The second kappa shape index (κ2) is 8.19. The molecular formula is C21H23N7. The number of likely N-dealkylation sites (tertiary alicyclic amines) is 1. The molecule has 7 heteroatoms. The second-order valence-corrected chi connectivity index (χ2v) is 7.12. The summed E-state index contributed by atoms with van der Waals surface area (Å²) in [5, 5.41) is 12.1. The number of aromatic nitrogens is 4. The van der Waals surface area contributed by atoms with Crippen LogP contribution in [0.5, 0.6) is 0 Å². The minimum absolute atomic E-state index is 0.407. The van der Waals surface area contributed by atoms with E-state index in [9.17, 15) is 0 Å². The van der Waals surface area contributed by atoms with Gasteiger partial charge in [-0.05, 0) is 50.2 Å². The molecule has 0 radical (unpaired) electrons. The largest absolute Gasteiger partial charge is 0.339 e. The summed E-state index contributed by atoms with van der Waals surface area (Å²) < 4.78 is 2.08. The molecule has 0 unspecified atom stereocenters. The summed E-state index contributed by atoms with van der Waals surface area (Å²) in [4.78, 5) is 15.8. The van der Waals surface area contributed by atoms with E-state index in [0.29, 0.717) is 11.6 Å². The number of nitriles is 1. The normalized spacial score (nSPS) is 15.3. The van der Waals surface area contributed by atoms with E-state index in [1.807, 2.05) is 43.7 Å². The molecule has 0 amide bonds. The number of imidazole rings is 1. The van der Waals surface area contributed by atoms with Crippen molar-refractivity contribution in [3.05, 3.63) is 66.1 Å². The quantitative estimate of drug-likeness (QED) is 0.739. The van der Waals surface area contributed by atoms with Gasteiger partial charge in [0.05, 0.1) is 18.4 Å². The van der Waals surface area contributed by atoms with E-state index >= 15 is 0 Å². The lowest BCUT2D eigenvalue weighted by atomic mass is 9.93. The molecule has 1 aliphatic heterocycles. The molecule has 142 valence electrons. The van der Waals surface area contributed by atoms with Crippen LogP contribution in [0.2, 0.25) is 0 Å². The first-order chi connectivity index (χ1) is 13.7. The van der Waals surface area contributed by atoms with E-state index < -0.39 is 0 Å². The summed E-state index contributed by atoms with van der Waals surface area (Å²) in [6, 6.07) is 11.7. The van der Waals surface area contributed by atoms with Crippen molar-refractivity contribution >= 4 is 11.5 Å². The monoisotopic (exact) mass is 373 g/mol. The van der Waals surface area contributed by atoms with Crippen molar-refractivity contribution < 1.29 is 0 Å². The molecule has 1 N–H and O–H groups in total. The zero-order valence-corrected chi connectivity index (χ0v) is 15.9. The molecule has 0 saturated carbocycles. The molecule has 28 heavy (non-hydrogen) atoms. The molecule has 1 fully saturated rings. The van der Waals surface area contributed by atoms with Crippen LogP contribution >= 0.6 is 0 Å². The van der Waals surface area contributed by atoms with Gasteiger partial charge in [0.1, 0.15) is 23.4 Å². The fourth-order valence-electron chi connectivity index (χ4n) is 3.57. The highest BCUT2D eigenvalue weighted by atomic mass is 15.2. The van der Waals surface area contributed by atoms with E-state index in [1.54, 1.807) is 12.3 Å². The van der Waals surface area contributed by atoms with E-state index in [0.717, 1.165) is 55.5 Å². The third-order valence-electron chi connectivity index (χ3n) is 5.21. The van der Waals surface area contributed by atoms with Crippen LogP contribution in [0.15, 0.2) is 48.9 Å². The van der Waals surface area contributed by atoms with Crippen molar-refractivity contribution in [1.82, 2.24) is 24.4 Å². The van der Waals surface area contributed by atoms with Crippen molar-refractivity contribution in [1.29, 1.82) is 5.26 Å².